The molecule has 0 saturated heterocycles. The maximum atomic E-state index is 11.0. The van der Waals surface area contributed by atoms with E-state index in [2.05, 4.69) is 28.4 Å². The third kappa shape index (κ3) is 14.0. The molecule has 0 aromatic heterocycles. The topological polar surface area (TPSA) is 26.3 Å². The molecule has 0 aromatic carbocycles. The normalized spacial score (nSPS) is 12.0. The van der Waals surface area contributed by atoms with Gasteiger partial charge in [0.1, 0.15) is 6.69 Å². The van der Waals surface area contributed by atoms with Gasteiger partial charge in [0.15, 0.2) is 0 Å². The van der Waals surface area contributed by atoms with Crippen molar-refractivity contribution >= 4 is 28.0 Å². The fourth-order valence-electron chi connectivity index (χ4n) is 1.71. The minimum absolute atomic E-state index is 0.220. The summed E-state index contributed by atoms with van der Waals surface area (Å²) in [5.41, 5.74) is 0. The third-order valence-corrected chi connectivity index (χ3v) is 5.44. The Balaban J connectivity index is 3.19. The Morgan fingerprint density at radius 3 is 2.22 bits per heavy atom. The van der Waals surface area contributed by atoms with Crippen molar-refractivity contribution in [2.75, 3.05) is 6.61 Å². The standard InChI is InChI=1S/C14H27BrO2Si/c1-4-11-14(16)17-12-9-7-5-6-8-10-13-18(2,3)15/h4,11H,5-10,12-13H2,1-3H3. The van der Waals surface area contributed by atoms with Crippen molar-refractivity contribution in [3.8, 4) is 0 Å². The summed E-state index contributed by atoms with van der Waals surface area (Å²) in [6.45, 7) is 6.07. The van der Waals surface area contributed by atoms with Crippen molar-refractivity contribution in [3.63, 3.8) is 0 Å². The van der Waals surface area contributed by atoms with Crippen molar-refractivity contribution in [2.45, 2.75) is 64.6 Å². The van der Waals surface area contributed by atoms with Gasteiger partial charge in [-0.05, 0) is 19.4 Å². The van der Waals surface area contributed by atoms with E-state index in [1.165, 1.54) is 37.8 Å². The van der Waals surface area contributed by atoms with Gasteiger partial charge in [0.2, 0.25) is 0 Å². The number of halogens is 1. The van der Waals surface area contributed by atoms with E-state index in [1.54, 1.807) is 6.08 Å². The van der Waals surface area contributed by atoms with Crippen molar-refractivity contribution < 1.29 is 9.53 Å². The molecule has 106 valence electrons. The number of ether oxygens (including phenoxy) is 1. The molecule has 0 saturated carbocycles. The first-order chi connectivity index (χ1) is 8.45. The number of carbonyl (C=O) groups is 1. The highest BCUT2D eigenvalue weighted by atomic mass is 79.9. The average molecular weight is 335 g/mol. The number of esters is 1. The van der Waals surface area contributed by atoms with Gasteiger partial charge in [0.05, 0.1) is 6.61 Å². The lowest BCUT2D eigenvalue weighted by Gasteiger charge is -2.12. The van der Waals surface area contributed by atoms with E-state index in [1.807, 2.05) is 6.92 Å². The Kier molecular flexibility index (Phi) is 10.7. The second kappa shape index (κ2) is 10.8. The smallest absolute Gasteiger partial charge is 0.330 e. The van der Waals surface area contributed by atoms with Gasteiger partial charge in [-0.3, -0.25) is 0 Å². The van der Waals surface area contributed by atoms with Crippen molar-refractivity contribution in [1.29, 1.82) is 0 Å². The zero-order valence-corrected chi connectivity index (χ0v) is 14.6. The molecule has 0 N–H and O–H groups in total. The van der Waals surface area contributed by atoms with Gasteiger partial charge in [-0.25, -0.2) is 4.79 Å². The molecule has 0 atom stereocenters. The van der Waals surface area contributed by atoms with Crippen LogP contribution < -0.4 is 0 Å². The Morgan fingerprint density at radius 2 is 1.67 bits per heavy atom. The summed E-state index contributed by atoms with van der Waals surface area (Å²) in [5.74, 6) is -0.220. The largest absolute Gasteiger partial charge is 0.463 e. The number of rotatable bonds is 10. The van der Waals surface area contributed by atoms with Crippen LogP contribution in [0.1, 0.15) is 45.4 Å². The summed E-state index contributed by atoms with van der Waals surface area (Å²) in [5, 5.41) is 0. The molecule has 0 aliphatic carbocycles. The average Bonchev–Trinajstić information content (AvgIpc) is 2.25. The summed E-state index contributed by atoms with van der Waals surface area (Å²) in [6, 6.07) is 1.37. The van der Waals surface area contributed by atoms with E-state index >= 15 is 0 Å². The van der Waals surface area contributed by atoms with Gasteiger partial charge in [0, 0.05) is 6.08 Å². The van der Waals surface area contributed by atoms with Crippen LogP contribution in [0.5, 0.6) is 0 Å². The predicted octanol–water partition coefficient (Wildman–Crippen LogP) is 5.05. The fourth-order valence-corrected chi connectivity index (χ4v) is 3.64. The highest BCUT2D eigenvalue weighted by molar-refractivity contribution is 9.26. The van der Waals surface area contributed by atoms with Gasteiger partial charge in [-0.1, -0.05) is 51.3 Å². The van der Waals surface area contributed by atoms with Crippen LogP contribution in [0.3, 0.4) is 0 Å². The van der Waals surface area contributed by atoms with E-state index in [0.717, 1.165) is 12.8 Å². The number of unbranched alkanes of at least 4 members (excludes halogenated alkanes) is 5. The summed E-state index contributed by atoms with van der Waals surface area (Å²) in [6.07, 6.45) is 10.6. The second-order valence-corrected chi connectivity index (χ2v) is 15.6. The summed E-state index contributed by atoms with van der Waals surface area (Å²) in [4.78, 5) is 11.0. The van der Waals surface area contributed by atoms with Crippen molar-refractivity contribution in [1.82, 2.24) is 0 Å². The number of carbonyl (C=O) groups excluding carboxylic acids is 1. The molecule has 0 radical (unpaired) electrons. The SMILES string of the molecule is CC=CC(=O)OCCCCCCCC[Si](C)(C)Br. The molecule has 0 aliphatic heterocycles. The van der Waals surface area contributed by atoms with Gasteiger partial charge < -0.3 is 4.74 Å². The summed E-state index contributed by atoms with van der Waals surface area (Å²) in [7, 11) is 0. The lowest BCUT2D eigenvalue weighted by molar-refractivity contribution is -0.137. The minimum Gasteiger partial charge on any atom is -0.463 e. The zero-order chi connectivity index (χ0) is 13.9. The quantitative estimate of drug-likeness (QED) is 0.184. The fraction of sp³-hybridized carbons (Fsp3) is 0.786. The highest BCUT2D eigenvalue weighted by Crippen LogP contribution is 2.21. The molecular weight excluding hydrogens is 308 g/mol. The molecule has 0 spiro atoms. The van der Waals surface area contributed by atoms with Crippen LogP contribution in [0.2, 0.25) is 19.1 Å². The molecule has 0 amide bonds. The molecule has 0 aromatic rings. The molecule has 2 nitrogen and oxygen atoms in total. The van der Waals surface area contributed by atoms with Gasteiger partial charge >= 0.3 is 5.97 Å². The highest BCUT2D eigenvalue weighted by Gasteiger charge is 2.14. The molecule has 18 heavy (non-hydrogen) atoms. The lowest BCUT2D eigenvalue weighted by atomic mass is 10.1. The molecule has 4 heteroatoms. The Labute approximate surface area is 121 Å². The van der Waals surface area contributed by atoms with Crippen LogP contribution in [-0.4, -0.2) is 19.3 Å². The molecule has 0 aliphatic rings. The van der Waals surface area contributed by atoms with E-state index in [-0.39, 0.29) is 5.97 Å². The molecule has 0 bridgehead atoms. The van der Waals surface area contributed by atoms with Crippen LogP contribution in [-0.2, 0) is 9.53 Å². The van der Waals surface area contributed by atoms with Gasteiger partial charge in [0.25, 0.3) is 0 Å². The Hall–Kier alpha value is -0.0931. The first-order valence-corrected chi connectivity index (χ1v) is 12.4. The molecule has 0 heterocycles. The van der Waals surface area contributed by atoms with Gasteiger partial charge in [-0.2, -0.15) is 0 Å². The molecule has 0 unspecified atom stereocenters. The summed E-state index contributed by atoms with van der Waals surface area (Å²) < 4.78 is 5.03. The Bertz CT molecular complexity index is 247. The van der Waals surface area contributed by atoms with Crippen molar-refractivity contribution in [2.24, 2.45) is 0 Å². The predicted molar refractivity (Wildman–Crippen MR) is 84.7 cm³/mol. The number of allylic oxidation sites excluding steroid dienone is 1. The van der Waals surface area contributed by atoms with E-state index < -0.39 is 6.69 Å². The molecule has 0 rings (SSSR count). The van der Waals surface area contributed by atoms with E-state index in [9.17, 15) is 4.79 Å². The Morgan fingerprint density at radius 1 is 1.11 bits per heavy atom. The minimum atomic E-state index is -1.01. The van der Waals surface area contributed by atoms with E-state index in [4.69, 9.17) is 4.74 Å². The van der Waals surface area contributed by atoms with E-state index in [0.29, 0.717) is 6.61 Å². The van der Waals surface area contributed by atoms with Crippen LogP contribution in [0.4, 0.5) is 0 Å². The first-order valence-electron chi connectivity index (χ1n) is 6.94. The van der Waals surface area contributed by atoms with Crippen molar-refractivity contribution in [3.05, 3.63) is 12.2 Å². The van der Waals surface area contributed by atoms with Crippen LogP contribution >= 0.6 is 15.3 Å². The second-order valence-electron chi connectivity index (χ2n) is 5.26. The number of hydrogen-bond acceptors (Lipinski definition) is 2. The maximum Gasteiger partial charge on any atom is 0.330 e. The summed E-state index contributed by atoms with van der Waals surface area (Å²) >= 11 is 3.79. The van der Waals surface area contributed by atoms with Gasteiger partial charge in [-0.15, -0.1) is 15.3 Å². The zero-order valence-electron chi connectivity index (χ0n) is 12.0. The van der Waals surface area contributed by atoms with Crippen LogP contribution in [0.25, 0.3) is 0 Å². The number of hydrogen-bond donors (Lipinski definition) is 0. The third-order valence-electron chi connectivity index (χ3n) is 2.71. The van der Waals surface area contributed by atoms with Crippen LogP contribution in [0, 0.1) is 0 Å². The van der Waals surface area contributed by atoms with Crippen LogP contribution in [0.15, 0.2) is 12.2 Å². The monoisotopic (exact) mass is 334 g/mol. The first kappa shape index (κ1) is 17.9. The molecule has 0 fully saturated rings. The lowest BCUT2D eigenvalue weighted by Crippen LogP contribution is -2.13. The molecular formula is C14H27BrO2Si. The maximum absolute atomic E-state index is 11.0.